The second kappa shape index (κ2) is 8.70. The van der Waals surface area contributed by atoms with Gasteiger partial charge in [-0.15, -0.1) is 0 Å². The highest BCUT2D eigenvalue weighted by Crippen LogP contribution is 2.30. The third-order valence-electron chi connectivity index (χ3n) is 5.52. The van der Waals surface area contributed by atoms with E-state index in [0.717, 1.165) is 76.8 Å². The highest BCUT2D eigenvalue weighted by Gasteiger charge is 2.25. The third-order valence-corrected chi connectivity index (χ3v) is 5.52. The lowest BCUT2D eigenvalue weighted by Crippen LogP contribution is -2.46. The summed E-state index contributed by atoms with van der Waals surface area (Å²) in [7, 11) is 0. The number of nitrogens with zero attached hydrogens (tertiary/aromatic N) is 4. The Morgan fingerprint density at radius 1 is 1.00 bits per heavy atom. The van der Waals surface area contributed by atoms with Crippen LogP contribution in [0.1, 0.15) is 43.0 Å². The zero-order valence-corrected chi connectivity index (χ0v) is 16.4. The van der Waals surface area contributed by atoms with Crippen molar-refractivity contribution in [2.24, 2.45) is 0 Å². The molecule has 27 heavy (non-hydrogen) atoms. The van der Waals surface area contributed by atoms with Crippen molar-refractivity contribution in [3.05, 3.63) is 47.2 Å². The Hall–Kier alpha value is -2.14. The summed E-state index contributed by atoms with van der Waals surface area (Å²) in [6.45, 7) is 7.99. The highest BCUT2D eigenvalue weighted by atomic mass is 16.5. The van der Waals surface area contributed by atoms with Crippen molar-refractivity contribution in [2.45, 2.75) is 45.6 Å². The number of unbranched alkanes of at least 4 members (excludes halogenated alkanes) is 1. The Morgan fingerprint density at radius 2 is 1.81 bits per heavy atom. The lowest BCUT2D eigenvalue weighted by Gasteiger charge is -2.35. The van der Waals surface area contributed by atoms with Crippen LogP contribution in [-0.2, 0) is 19.4 Å². The van der Waals surface area contributed by atoms with Crippen molar-refractivity contribution < 1.29 is 4.74 Å². The van der Waals surface area contributed by atoms with Gasteiger partial charge in [0.2, 0.25) is 11.8 Å². The molecule has 4 rings (SSSR count). The Morgan fingerprint density at radius 3 is 2.59 bits per heavy atom. The van der Waals surface area contributed by atoms with Crippen molar-refractivity contribution >= 4 is 5.95 Å². The van der Waals surface area contributed by atoms with Gasteiger partial charge in [-0.25, -0.2) is 4.98 Å². The van der Waals surface area contributed by atoms with E-state index in [9.17, 15) is 0 Å². The van der Waals surface area contributed by atoms with Gasteiger partial charge in [-0.1, -0.05) is 43.7 Å². The minimum Gasteiger partial charge on any atom is -0.477 e. The molecule has 0 amide bonds. The Balaban J connectivity index is 1.41. The van der Waals surface area contributed by atoms with Crippen LogP contribution in [0.3, 0.4) is 0 Å². The molecule has 0 spiro atoms. The predicted octanol–water partition coefficient (Wildman–Crippen LogP) is 3.47. The second-order valence-corrected chi connectivity index (χ2v) is 7.56. The first-order valence-corrected chi connectivity index (χ1v) is 10.4. The van der Waals surface area contributed by atoms with Gasteiger partial charge in [-0.05, 0) is 31.2 Å². The lowest BCUT2D eigenvalue weighted by molar-refractivity contribution is 0.248. The van der Waals surface area contributed by atoms with Crippen molar-refractivity contribution in [1.29, 1.82) is 0 Å². The van der Waals surface area contributed by atoms with Gasteiger partial charge in [-0.3, -0.25) is 4.90 Å². The molecule has 2 aromatic rings. The molecule has 2 aliphatic rings. The van der Waals surface area contributed by atoms with Crippen LogP contribution in [0.15, 0.2) is 30.3 Å². The maximum absolute atomic E-state index is 6.03. The molecule has 144 valence electrons. The normalized spacial score (nSPS) is 17.1. The van der Waals surface area contributed by atoms with Crippen LogP contribution in [0.2, 0.25) is 0 Å². The molecule has 0 bridgehead atoms. The molecule has 1 aliphatic heterocycles. The summed E-state index contributed by atoms with van der Waals surface area (Å²) < 4.78 is 6.03. The number of aryl methyl sites for hydroxylation is 1. The van der Waals surface area contributed by atoms with Crippen molar-refractivity contribution in [3.63, 3.8) is 0 Å². The Labute approximate surface area is 162 Å². The van der Waals surface area contributed by atoms with Crippen molar-refractivity contribution in [2.75, 3.05) is 37.7 Å². The predicted molar refractivity (Wildman–Crippen MR) is 108 cm³/mol. The molecule has 0 radical (unpaired) electrons. The maximum atomic E-state index is 6.03. The Bertz CT molecular complexity index is 741. The van der Waals surface area contributed by atoms with Crippen LogP contribution >= 0.6 is 0 Å². The maximum Gasteiger partial charge on any atom is 0.228 e. The summed E-state index contributed by atoms with van der Waals surface area (Å²) in [6.07, 6.45) is 5.50. The SMILES string of the molecule is CCCCOc1nc(N2CCN(Cc3ccccc3)CC2)nc2c1CCC2. The first-order chi connectivity index (χ1) is 13.3. The molecule has 1 aromatic heterocycles. The van der Waals surface area contributed by atoms with E-state index < -0.39 is 0 Å². The smallest absolute Gasteiger partial charge is 0.228 e. The van der Waals surface area contributed by atoms with E-state index >= 15 is 0 Å². The summed E-state index contributed by atoms with van der Waals surface area (Å²) in [5.74, 6) is 1.70. The van der Waals surface area contributed by atoms with Gasteiger partial charge in [0.05, 0.1) is 12.3 Å². The number of hydrogen-bond acceptors (Lipinski definition) is 5. The van der Waals surface area contributed by atoms with E-state index in [1.165, 1.54) is 23.2 Å². The largest absolute Gasteiger partial charge is 0.477 e. The minimum atomic E-state index is 0.754. The number of piperazine rings is 1. The van der Waals surface area contributed by atoms with Crippen LogP contribution in [0.4, 0.5) is 5.95 Å². The molecule has 0 N–H and O–H groups in total. The van der Waals surface area contributed by atoms with Gasteiger partial charge in [-0.2, -0.15) is 4.98 Å². The fourth-order valence-electron chi connectivity index (χ4n) is 3.91. The zero-order valence-electron chi connectivity index (χ0n) is 16.4. The lowest BCUT2D eigenvalue weighted by atomic mass is 10.2. The van der Waals surface area contributed by atoms with E-state index in [0.29, 0.717) is 0 Å². The van der Waals surface area contributed by atoms with E-state index in [2.05, 4.69) is 47.1 Å². The fraction of sp³-hybridized carbons (Fsp3) is 0.545. The second-order valence-electron chi connectivity index (χ2n) is 7.56. The Kier molecular flexibility index (Phi) is 5.87. The molecule has 0 unspecified atom stereocenters. The molecule has 1 aliphatic carbocycles. The van der Waals surface area contributed by atoms with Gasteiger partial charge >= 0.3 is 0 Å². The summed E-state index contributed by atoms with van der Waals surface area (Å²) in [5, 5.41) is 0. The standard InChI is InChI=1S/C22H30N4O/c1-2-3-16-27-21-19-10-7-11-20(19)23-22(24-21)26-14-12-25(13-15-26)17-18-8-5-4-6-9-18/h4-6,8-9H,2-3,7,10-17H2,1H3. The summed E-state index contributed by atoms with van der Waals surface area (Å²) >= 11 is 0. The molecule has 1 saturated heterocycles. The molecular formula is C22H30N4O. The van der Waals surface area contributed by atoms with E-state index in [1.54, 1.807) is 0 Å². The molecular weight excluding hydrogens is 336 g/mol. The number of rotatable bonds is 7. The van der Waals surface area contributed by atoms with Gasteiger partial charge in [0.25, 0.3) is 0 Å². The molecule has 1 aromatic carbocycles. The van der Waals surface area contributed by atoms with Crippen LogP contribution in [0.25, 0.3) is 0 Å². The third kappa shape index (κ3) is 4.41. The summed E-state index contributed by atoms with van der Waals surface area (Å²) in [4.78, 5) is 14.6. The van der Waals surface area contributed by atoms with Crippen LogP contribution in [0, 0.1) is 0 Å². The molecule has 0 atom stereocenters. The average Bonchev–Trinajstić information content (AvgIpc) is 3.18. The highest BCUT2D eigenvalue weighted by molar-refractivity contribution is 5.43. The fourth-order valence-corrected chi connectivity index (χ4v) is 3.91. The summed E-state index contributed by atoms with van der Waals surface area (Å²) in [6, 6.07) is 10.7. The van der Waals surface area contributed by atoms with Crippen molar-refractivity contribution in [3.8, 4) is 5.88 Å². The van der Waals surface area contributed by atoms with Crippen LogP contribution in [0.5, 0.6) is 5.88 Å². The van der Waals surface area contributed by atoms with Crippen LogP contribution in [-0.4, -0.2) is 47.7 Å². The number of aromatic nitrogens is 2. The monoisotopic (exact) mass is 366 g/mol. The van der Waals surface area contributed by atoms with Crippen molar-refractivity contribution in [1.82, 2.24) is 14.9 Å². The first kappa shape index (κ1) is 18.2. The average molecular weight is 367 g/mol. The molecule has 1 fully saturated rings. The molecule has 5 heteroatoms. The number of ether oxygens (including phenoxy) is 1. The van der Waals surface area contributed by atoms with E-state index in [-0.39, 0.29) is 0 Å². The number of benzene rings is 1. The van der Waals surface area contributed by atoms with Gasteiger partial charge < -0.3 is 9.64 Å². The summed E-state index contributed by atoms with van der Waals surface area (Å²) in [5.41, 5.74) is 3.84. The minimum absolute atomic E-state index is 0.754. The van der Waals surface area contributed by atoms with E-state index in [4.69, 9.17) is 14.7 Å². The topological polar surface area (TPSA) is 41.5 Å². The molecule has 0 saturated carbocycles. The molecule has 2 heterocycles. The van der Waals surface area contributed by atoms with Gasteiger partial charge in [0.1, 0.15) is 0 Å². The number of hydrogen-bond donors (Lipinski definition) is 0. The van der Waals surface area contributed by atoms with E-state index in [1.807, 2.05) is 0 Å². The first-order valence-electron chi connectivity index (χ1n) is 10.4. The quantitative estimate of drug-likeness (QED) is 0.702. The number of anilines is 1. The van der Waals surface area contributed by atoms with Gasteiger partial charge in [0.15, 0.2) is 0 Å². The molecule has 5 nitrogen and oxygen atoms in total. The van der Waals surface area contributed by atoms with Gasteiger partial charge in [0, 0.05) is 38.3 Å². The zero-order chi connectivity index (χ0) is 18.5. The number of fused-ring (bicyclic) bond motifs is 1. The van der Waals surface area contributed by atoms with Crippen LogP contribution < -0.4 is 9.64 Å².